The Labute approximate surface area is 197 Å². The van der Waals surface area contributed by atoms with Gasteiger partial charge < -0.3 is 9.47 Å². The zero-order valence-corrected chi connectivity index (χ0v) is 19.6. The summed E-state index contributed by atoms with van der Waals surface area (Å²) in [7, 11) is 0. The monoisotopic (exact) mass is 478 g/mol. The van der Waals surface area contributed by atoms with Gasteiger partial charge in [0.1, 0.15) is 10.5 Å². The molecule has 1 fully saturated rings. The molecular formula is C24H23FN6O2S. The fourth-order valence-electron chi connectivity index (χ4n) is 4.34. The molecule has 10 heteroatoms. The van der Waals surface area contributed by atoms with E-state index in [1.54, 1.807) is 33.7 Å². The quantitative estimate of drug-likeness (QED) is 0.465. The number of para-hydroxylation sites is 1. The van der Waals surface area contributed by atoms with Gasteiger partial charge >= 0.3 is 0 Å². The Kier molecular flexibility index (Phi) is 5.52. The molecule has 5 rings (SSSR count). The summed E-state index contributed by atoms with van der Waals surface area (Å²) in [5, 5.41) is 12.0. The number of hydrogen-bond donors (Lipinski definition) is 2. The molecule has 0 saturated carbocycles. The summed E-state index contributed by atoms with van der Waals surface area (Å²) < 4.78 is 18.1. The van der Waals surface area contributed by atoms with Crippen LogP contribution in [0.3, 0.4) is 0 Å². The molecule has 0 spiro atoms. The maximum atomic E-state index is 14.4. The number of carbonyl (C=O) groups is 1. The lowest BCUT2D eigenvalue weighted by atomic mass is 10.2. The smallest absolute Gasteiger partial charge is 0.283 e. The van der Waals surface area contributed by atoms with Crippen molar-refractivity contribution in [2.75, 3.05) is 13.1 Å². The Morgan fingerprint density at radius 2 is 1.97 bits per heavy atom. The molecule has 0 bridgehead atoms. The average Bonchev–Trinajstić information content (AvgIpc) is 3.52. The summed E-state index contributed by atoms with van der Waals surface area (Å²) in [6.07, 6.45) is 5.09. The summed E-state index contributed by atoms with van der Waals surface area (Å²) in [5.41, 5.74) is 2.06. The summed E-state index contributed by atoms with van der Waals surface area (Å²) in [5.74, 6) is -0.442. The van der Waals surface area contributed by atoms with Gasteiger partial charge in [0, 0.05) is 30.6 Å². The van der Waals surface area contributed by atoms with E-state index < -0.39 is 5.56 Å². The van der Waals surface area contributed by atoms with Crippen LogP contribution < -0.4 is 20.9 Å². The van der Waals surface area contributed by atoms with Crippen molar-refractivity contribution < 1.29 is 9.18 Å². The number of aromatic amines is 1. The van der Waals surface area contributed by atoms with Gasteiger partial charge in [-0.2, -0.15) is 4.98 Å². The van der Waals surface area contributed by atoms with E-state index >= 15 is 0 Å². The molecule has 0 unspecified atom stereocenters. The molecule has 1 aromatic heterocycles. The molecule has 3 aliphatic rings. The van der Waals surface area contributed by atoms with Crippen LogP contribution in [0.25, 0.3) is 23.0 Å². The van der Waals surface area contributed by atoms with E-state index in [1.807, 2.05) is 19.9 Å². The second-order valence-corrected chi connectivity index (χ2v) is 9.32. The molecule has 34 heavy (non-hydrogen) atoms. The fraction of sp³-hybridized carbons (Fsp3) is 0.250. The molecule has 1 amide bonds. The second kappa shape index (κ2) is 8.53. The van der Waals surface area contributed by atoms with Crippen LogP contribution >= 0.6 is 11.3 Å². The Balaban J connectivity index is 1.62. The minimum absolute atomic E-state index is 0.0600. The molecule has 2 aromatic rings. The van der Waals surface area contributed by atoms with Crippen molar-refractivity contribution in [2.45, 2.75) is 26.7 Å². The van der Waals surface area contributed by atoms with Crippen molar-refractivity contribution in [2.24, 2.45) is 0 Å². The molecule has 0 aliphatic carbocycles. The van der Waals surface area contributed by atoms with Crippen molar-refractivity contribution in [3.63, 3.8) is 0 Å². The molecule has 174 valence electrons. The third-order valence-electron chi connectivity index (χ3n) is 6.06. The van der Waals surface area contributed by atoms with E-state index in [0.29, 0.717) is 21.0 Å². The first-order valence-corrected chi connectivity index (χ1v) is 11.8. The number of fused-ring (bicyclic) bond motifs is 1. The van der Waals surface area contributed by atoms with E-state index in [0.717, 1.165) is 48.7 Å². The molecule has 4 heterocycles. The predicted molar refractivity (Wildman–Crippen MR) is 127 cm³/mol. The van der Waals surface area contributed by atoms with Gasteiger partial charge in [-0.1, -0.05) is 23.5 Å². The predicted octanol–water partition coefficient (Wildman–Crippen LogP) is 1.32. The zero-order valence-electron chi connectivity index (χ0n) is 18.8. The van der Waals surface area contributed by atoms with Crippen LogP contribution in [0.1, 0.15) is 29.8 Å². The number of nitrogens with zero attached hydrogens (tertiary/aromatic N) is 4. The van der Waals surface area contributed by atoms with Crippen molar-refractivity contribution >= 4 is 29.4 Å². The Hall–Kier alpha value is -3.79. The Morgan fingerprint density at radius 1 is 1.24 bits per heavy atom. The van der Waals surface area contributed by atoms with Gasteiger partial charge in [-0.15, -0.1) is 0 Å². The van der Waals surface area contributed by atoms with Crippen LogP contribution in [0.5, 0.6) is 0 Å². The van der Waals surface area contributed by atoms with Crippen molar-refractivity contribution in [1.82, 2.24) is 24.2 Å². The number of aromatic nitrogens is 4. The standard InChI is InChI=1S/C24H23FN6O2S/c1-14-11-16(15(2)30(14)19-8-4-3-7-18(19)25)12-17-22(26)31-24(27-23(17)33)34-20(28-31)13-21(32)29-9-5-6-10-29/h3-4,7-8,11-13,26,28H,5-6,9-10H2,1-2H3/b17-12+,20-13+,26-22?. The van der Waals surface area contributed by atoms with Crippen LogP contribution in [0.15, 0.2) is 35.1 Å². The van der Waals surface area contributed by atoms with E-state index in [9.17, 15) is 14.0 Å². The molecule has 8 nitrogen and oxygen atoms in total. The zero-order chi connectivity index (χ0) is 24.0. The van der Waals surface area contributed by atoms with E-state index in [-0.39, 0.29) is 22.4 Å². The number of hydrogen-bond acceptors (Lipinski definition) is 5. The molecule has 1 aromatic carbocycles. The van der Waals surface area contributed by atoms with Gasteiger partial charge in [0.2, 0.25) is 11.0 Å². The van der Waals surface area contributed by atoms with Gasteiger partial charge in [0.25, 0.3) is 5.56 Å². The number of halogens is 1. The third kappa shape index (κ3) is 3.79. The number of aryl methyl sites for hydroxylation is 1. The number of nitrogens with one attached hydrogen (secondary N) is 2. The lowest BCUT2D eigenvalue weighted by molar-refractivity contribution is -0.123. The summed E-state index contributed by atoms with van der Waals surface area (Å²) in [6, 6.07) is 8.34. The number of amides is 1. The van der Waals surface area contributed by atoms with Crippen LogP contribution in [0.2, 0.25) is 0 Å². The van der Waals surface area contributed by atoms with E-state index in [2.05, 4.69) is 10.1 Å². The summed E-state index contributed by atoms with van der Waals surface area (Å²) >= 11 is 1.15. The van der Waals surface area contributed by atoms with Gasteiger partial charge in [0.15, 0.2) is 5.49 Å². The highest BCUT2D eigenvalue weighted by Crippen LogP contribution is 2.23. The first-order chi connectivity index (χ1) is 16.3. The molecule has 1 saturated heterocycles. The number of carbonyl (C=O) groups excluding carboxylic acids is 1. The highest BCUT2D eigenvalue weighted by Gasteiger charge is 2.17. The second-order valence-electron chi connectivity index (χ2n) is 8.31. The van der Waals surface area contributed by atoms with Gasteiger partial charge in [0.05, 0.1) is 10.9 Å². The normalized spacial score (nSPS) is 15.1. The van der Waals surface area contributed by atoms with Crippen LogP contribution in [-0.4, -0.2) is 43.2 Å². The first-order valence-electron chi connectivity index (χ1n) is 11.0. The third-order valence-corrected chi connectivity index (χ3v) is 6.94. The van der Waals surface area contributed by atoms with E-state index in [4.69, 9.17) is 5.41 Å². The highest BCUT2D eigenvalue weighted by atomic mass is 32.1. The minimum atomic E-state index is -0.534. The average molecular weight is 479 g/mol. The van der Waals surface area contributed by atoms with Crippen LogP contribution in [0, 0.1) is 25.1 Å². The number of benzene rings is 1. The lowest BCUT2D eigenvalue weighted by Crippen LogP contribution is -2.47. The molecule has 0 radical (unpaired) electrons. The Bertz CT molecular complexity index is 1620. The number of rotatable bonds is 3. The van der Waals surface area contributed by atoms with Crippen LogP contribution in [-0.2, 0) is 4.79 Å². The van der Waals surface area contributed by atoms with Crippen molar-refractivity contribution in [3.05, 3.63) is 78.8 Å². The SMILES string of the molecule is Cc1cc(/C=c2/c(=O)nc3s/c(=C/C(=O)N4CCCC4)[nH]n-3c2=N)c(C)n1-c1ccccc1F. The Morgan fingerprint density at radius 3 is 2.71 bits per heavy atom. The molecule has 3 aliphatic heterocycles. The maximum absolute atomic E-state index is 14.4. The van der Waals surface area contributed by atoms with E-state index in [1.165, 1.54) is 16.8 Å². The van der Waals surface area contributed by atoms with Crippen molar-refractivity contribution in [1.29, 1.82) is 5.41 Å². The highest BCUT2D eigenvalue weighted by molar-refractivity contribution is 7.11. The van der Waals surface area contributed by atoms with Gasteiger partial charge in [-0.25, -0.2) is 9.07 Å². The summed E-state index contributed by atoms with van der Waals surface area (Å²) in [6.45, 7) is 5.18. The lowest BCUT2D eigenvalue weighted by Gasteiger charge is -2.10. The minimum Gasteiger partial charge on any atom is -0.339 e. The summed E-state index contributed by atoms with van der Waals surface area (Å²) in [4.78, 5) is 31.1. The van der Waals surface area contributed by atoms with Gasteiger partial charge in [-0.05, 0) is 56.5 Å². The molecular weight excluding hydrogens is 455 g/mol. The number of H-pyrrole nitrogens is 1. The maximum Gasteiger partial charge on any atom is 0.283 e. The first kappa shape index (κ1) is 22.0. The van der Waals surface area contributed by atoms with Crippen molar-refractivity contribution in [3.8, 4) is 10.8 Å². The fourth-order valence-corrected chi connectivity index (χ4v) is 5.19. The number of likely N-dealkylation sites (tertiary alicyclic amines) is 1. The topological polar surface area (TPSA) is 99.8 Å². The van der Waals surface area contributed by atoms with Gasteiger partial charge in [-0.3, -0.25) is 20.1 Å². The largest absolute Gasteiger partial charge is 0.339 e. The van der Waals surface area contributed by atoms with Crippen LogP contribution in [0.4, 0.5) is 4.39 Å². The molecule has 0 atom stereocenters. The molecule has 2 N–H and O–H groups in total.